The van der Waals surface area contributed by atoms with Crippen molar-refractivity contribution in [3.8, 4) is 5.75 Å². The summed E-state index contributed by atoms with van der Waals surface area (Å²) in [4.78, 5) is -0.0813. The molecule has 0 saturated carbocycles. The second-order valence-electron chi connectivity index (χ2n) is 6.45. The van der Waals surface area contributed by atoms with E-state index in [2.05, 4.69) is 5.32 Å². The Morgan fingerprint density at radius 3 is 2.30 bits per heavy atom. The van der Waals surface area contributed by atoms with Crippen molar-refractivity contribution in [2.75, 3.05) is 18.6 Å². The van der Waals surface area contributed by atoms with E-state index in [4.69, 9.17) is 4.74 Å². The molecule has 0 amide bonds. The fraction of sp³-hybridized carbons (Fsp3) is 0.333. The van der Waals surface area contributed by atoms with Gasteiger partial charge >= 0.3 is 0 Å². The third-order valence-corrected chi connectivity index (χ3v) is 8.74. The van der Waals surface area contributed by atoms with Crippen LogP contribution in [0.25, 0.3) is 0 Å². The van der Waals surface area contributed by atoms with Crippen LogP contribution in [0.1, 0.15) is 5.56 Å². The molecule has 9 heteroatoms. The summed E-state index contributed by atoms with van der Waals surface area (Å²) < 4.78 is 68.2. The molecule has 0 aliphatic carbocycles. The molecule has 3 rings (SSSR count). The number of rotatable bonds is 6. The molecule has 146 valence electrons. The Morgan fingerprint density at radius 2 is 1.70 bits per heavy atom. The number of methoxy groups -OCH3 is 1. The van der Waals surface area contributed by atoms with Crippen molar-refractivity contribution in [1.82, 2.24) is 5.32 Å². The molecule has 27 heavy (non-hydrogen) atoms. The highest BCUT2D eigenvalue weighted by molar-refractivity contribution is 7.96. The van der Waals surface area contributed by atoms with Crippen molar-refractivity contribution >= 4 is 19.7 Å². The average Bonchev–Trinajstić information content (AvgIpc) is 2.96. The first-order valence-electron chi connectivity index (χ1n) is 8.27. The average molecular weight is 413 g/mol. The summed E-state index contributed by atoms with van der Waals surface area (Å²) in [5, 5.41) is 1.94. The largest absolute Gasteiger partial charge is 0.497 e. The van der Waals surface area contributed by atoms with Gasteiger partial charge in [-0.2, -0.15) is 0 Å². The highest BCUT2D eigenvalue weighted by atomic mass is 32.2. The second kappa shape index (κ2) is 7.57. The Bertz CT molecular complexity index is 1000. The first-order chi connectivity index (χ1) is 12.7. The van der Waals surface area contributed by atoms with Gasteiger partial charge in [-0.3, -0.25) is 0 Å². The molecular formula is C18H20FNO5S2. The standard InChI is InChI=1S/C18H20FNO5S2/c1-25-15-6-2-13(3-7-15)10-20-17-11-26(21,22)12-18(17)27(23,24)16-8-4-14(19)5-9-16/h2-9,17-18,20H,10-12H2,1H3. The summed E-state index contributed by atoms with van der Waals surface area (Å²) >= 11 is 0. The highest BCUT2D eigenvalue weighted by Gasteiger charge is 2.45. The van der Waals surface area contributed by atoms with Crippen molar-refractivity contribution in [2.24, 2.45) is 0 Å². The van der Waals surface area contributed by atoms with Gasteiger partial charge in [0.25, 0.3) is 0 Å². The minimum atomic E-state index is -3.92. The third kappa shape index (κ3) is 4.48. The smallest absolute Gasteiger partial charge is 0.183 e. The van der Waals surface area contributed by atoms with E-state index in [-0.39, 0.29) is 10.6 Å². The molecule has 1 fully saturated rings. The van der Waals surface area contributed by atoms with Crippen LogP contribution in [0, 0.1) is 5.82 Å². The molecular weight excluding hydrogens is 393 g/mol. The van der Waals surface area contributed by atoms with Crippen molar-refractivity contribution in [3.05, 3.63) is 59.9 Å². The van der Waals surface area contributed by atoms with Crippen LogP contribution in [-0.4, -0.2) is 46.7 Å². The molecule has 1 aliphatic rings. The van der Waals surface area contributed by atoms with Crippen LogP contribution in [0.3, 0.4) is 0 Å². The lowest BCUT2D eigenvalue weighted by atomic mass is 10.2. The first-order valence-corrected chi connectivity index (χ1v) is 11.6. The van der Waals surface area contributed by atoms with Crippen LogP contribution in [-0.2, 0) is 26.2 Å². The summed E-state index contributed by atoms with van der Waals surface area (Å²) in [5.41, 5.74) is 0.873. The SMILES string of the molecule is COc1ccc(CNC2CS(=O)(=O)CC2S(=O)(=O)c2ccc(F)cc2)cc1. The third-order valence-electron chi connectivity index (χ3n) is 4.57. The van der Waals surface area contributed by atoms with Gasteiger partial charge < -0.3 is 10.1 Å². The van der Waals surface area contributed by atoms with E-state index in [1.165, 1.54) is 0 Å². The van der Waals surface area contributed by atoms with Crippen molar-refractivity contribution < 1.29 is 26.0 Å². The van der Waals surface area contributed by atoms with Crippen molar-refractivity contribution in [1.29, 1.82) is 0 Å². The van der Waals surface area contributed by atoms with Crippen LogP contribution in [0.5, 0.6) is 5.75 Å². The van der Waals surface area contributed by atoms with Gasteiger partial charge in [-0.1, -0.05) is 12.1 Å². The van der Waals surface area contributed by atoms with Crippen molar-refractivity contribution in [3.63, 3.8) is 0 Å². The van der Waals surface area contributed by atoms with Crippen LogP contribution < -0.4 is 10.1 Å². The van der Waals surface area contributed by atoms with Crippen LogP contribution in [0.15, 0.2) is 53.4 Å². The van der Waals surface area contributed by atoms with E-state index in [1.807, 2.05) is 12.1 Å². The molecule has 2 aromatic rings. The second-order valence-corrected chi connectivity index (χ2v) is 10.8. The van der Waals surface area contributed by atoms with Gasteiger partial charge in [0.15, 0.2) is 19.7 Å². The fourth-order valence-corrected chi connectivity index (χ4v) is 7.82. The van der Waals surface area contributed by atoms with Gasteiger partial charge in [-0.25, -0.2) is 21.2 Å². The summed E-state index contributed by atoms with van der Waals surface area (Å²) in [6, 6.07) is 10.9. The van der Waals surface area contributed by atoms with Gasteiger partial charge in [-0.05, 0) is 42.0 Å². The van der Waals surface area contributed by atoms with Gasteiger partial charge in [-0.15, -0.1) is 0 Å². The molecule has 1 heterocycles. The van der Waals surface area contributed by atoms with E-state index in [1.54, 1.807) is 19.2 Å². The summed E-state index contributed by atoms with van der Waals surface area (Å²) in [6.45, 7) is 0.319. The number of sulfone groups is 2. The van der Waals surface area contributed by atoms with E-state index in [9.17, 15) is 21.2 Å². The molecule has 2 aromatic carbocycles. The van der Waals surface area contributed by atoms with Crippen LogP contribution in [0.2, 0.25) is 0 Å². The maximum absolute atomic E-state index is 13.1. The maximum Gasteiger partial charge on any atom is 0.183 e. The van der Waals surface area contributed by atoms with Gasteiger partial charge in [0.05, 0.1) is 28.8 Å². The number of halogens is 1. The van der Waals surface area contributed by atoms with Crippen molar-refractivity contribution in [2.45, 2.75) is 22.7 Å². The Morgan fingerprint density at radius 1 is 1.07 bits per heavy atom. The normalized spacial score (nSPS) is 21.9. The number of hydrogen-bond donors (Lipinski definition) is 1. The summed E-state index contributed by atoms with van der Waals surface area (Å²) in [6.07, 6.45) is 0. The molecule has 1 saturated heterocycles. The molecule has 0 aromatic heterocycles. The number of hydrogen-bond acceptors (Lipinski definition) is 6. The number of nitrogens with one attached hydrogen (secondary N) is 1. The zero-order chi connectivity index (χ0) is 19.7. The molecule has 2 unspecified atom stereocenters. The van der Waals surface area contributed by atoms with Crippen LogP contribution >= 0.6 is 0 Å². The zero-order valence-corrected chi connectivity index (χ0v) is 16.3. The Hall–Kier alpha value is -1.97. The predicted molar refractivity (Wildman–Crippen MR) is 99.6 cm³/mol. The lowest BCUT2D eigenvalue weighted by Crippen LogP contribution is -2.43. The Labute approximate surface area is 158 Å². The number of benzene rings is 2. The van der Waals surface area contributed by atoms with E-state index < -0.39 is 42.5 Å². The van der Waals surface area contributed by atoms with E-state index >= 15 is 0 Å². The molecule has 0 bridgehead atoms. The van der Waals surface area contributed by atoms with Gasteiger partial charge in [0, 0.05) is 12.6 Å². The zero-order valence-electron chi connectivity index (χ0n) is 14.6. The summed E-state index contributed by atoms with van der Waals surface area (Å²) in [7, 11) is -5.86. The monoisotopic (exact) mass is 413 g/mol. The predicted octanol–water partition coefficient (Wildman–Crippen LogP) is 1.56. The van der Waals surface area contributed by atoms with Gasteiger partial charge in [0.2, 0.25) is 0 Å². The minimum Gasteiger partial charge on any atom is -0.497 e. The Balaban J connectivity index is 1.81. The molecule has 0 spiro atoms. The first kappa shape index (κ1) is 19.8. The van der Waals surface area contributed by atoms with E-state index in [0.29, 0.717) is 12.3 Å². The lowest BCUT2D eigenvalue weighted by molar-refractivity contribution is 0.414. The highest BCUT2D eigenvalue weighted by Crippen LogP contribution is 2.26. The van der Waals surface area contributed by atoms with Crippen LogP contribution in [0.4, 0.5) is 4.39 Å². The number of ether oxygens (including phenoxy) is 1. The minimum absolute atomic E-state index is 0.0813. The fourth-order valence-electron chi connectivity index (χ4n) is 3.10. The molecule has 2 atom stereocenters. The topological polar surface area (TPSA) is 89.5 Å². The van der Waals surface area contributed by atoms with Gasteiger partial charge in [0.1, 0.15) is 11.6 Å². The molecule has 0 radical (unpaired) electrons. The maximum atomic E-state index is 13.1. The molecule has 1 aliphatic heterocycles. The molecule has 1 N–H and O–H groups in total. The lowest BCUT2D eigenvalue weighted by Gasteiger charge is -2.20. The summed E-state index contributed by atoms with van der Waals surface area (Å²) in [5.74, 6) is -0.567. The quantitative estimate of drug-likeness (QED) is 0.723. The Kier molecular flexibility index (Phi) is 5.55. The van der Waals surface area contributed by atoms with E-state index in [0.717, 1.165) is 29.8 Å². The molecule has 6 nitrogen and oxygen atoms in total.